The van der Waals surface area contributed by atoms with E-state index in [2.05, 4.69) is 0 Å². The van der Waals surface area contributed by atoms with Crippen molar-refractivity contribution < 1.29 is 28.9 Å². The zero-order chi connectivity index (χ0) is 19.0. The Balaban J connectivity index is 3.09. The van der Waals surface area contributed by atoms with Crippen molar-refractivity contribution in [2.45, 2.75) is 6.92 Å². The summed E-state index contributed by atoms with van der Waals surface area (Å²) in [6.07, 6.45) is 0. The lowest BCUT2D eigenvalue weighted by Crippen LogP contribution is -2.24. The minimum absolute atomic E-state index is 0.120. The normalized spacial score (nSPS) is 10.6. The van der Waals surface area contributed by atoms with Crippen LogP contribution in [0.5, 0.6) is 5.75 Å². The van der Waals surface area contributed by atoms with Crippen molar-refractivity contribution in [1.29, 1.82) is 0 Å². The molecule has 0 bridgehead atoms. The van der Waals surface area contributed by atoms with Crippen molar-refractivity contribution >= 4 is 29.4 Å². The number of ether oxygens (including phenoxy) is 1. The number of nitrogens with two attached hydrogens (primary N) is 1. The van der Waals surface area contributed by atoms with Crippen molar-refractivity contribution in [3.63, 3.8) is 0 Å². The highest BCUT2D eigenvalue weighted by molar-refractivity contribution is 6.33. The molecule has 0 aliphatic carbocycles. The Morgan fingerprint density at radius 1 is 1.28 bits per heavy atom. The maximum Gasteiger partial charge on any atom is 0.342 e. The molecule has 0 saturated carbocycles. The summed E-state index contributed by atoms with van der Waals surface area (Å²) in [7, 11) is 1.18. The molecule has 10 heteroatoms. The van der Waals surface area contributed by atoms with Gasteiger partial charge < -0.3 is 25.7 Å². The van der Waals surface area contributed by atoms with Crippen LogP contribution < -0.4 is 16.0 Å². The first-order valence-corrected chi connectivity index (χ1v) is 7.04. The monoisotopic (exact) mass is 370 g/mol. The predicted molar refractivity (Wildman–Crippen MR) is 87.1 cm³/mol. The summed E-state index contributed by atoms with van der Waals surface area (Å²) in [5.41, 5.74) is 2.21. The summed E-state index contributed by atoms with van der Waals surface area (Å²) >= 11 is 6.02. The number of aromatic carboxylic acids is 2. The Hall–Kier alpha value is -3.07. The van der Waals surface area contributed by atoms with E-state index < -0.39 is 45.8 Å². The number of anilines is 1. The van der Waals surface area contributed by atoms with Crippen LogP contribution in [0.4, 0.5) is 10.2 Å². The second-order valence-corrected chi connectivity index (χ2v) is 5.36. The summed E-state index contributed by atoms with van der Waals surface area (Å²) in [6, 6.07) is 0.840. The van der Waals surface area contributed by atoms with Gasteiger partial charge in [-0.15, -0.1) is 0 Å². The number of benzene rings is 1. The second-order valence-electron chi connectivity index (χ2n) is 4.98. The van der Waals surface area contributed by atoms with Crippen LogP contribution in [-0.4, -0.2) is 34.2 Å². The van der Waals surface area contributed by atoms with E-state index in [1.165, 1.54) is 14.0 Å². The minimum atomic E-state index is -1.70. The van der Waals surface area contributed by atoms with Crippen LogP contribution in [0.2, 0.25) is 5.02 Å². The van der Waals surface area contributed by atoms with E-state index >= 15 is 0 Å². The van der Waals surface area contributed by atoms with E-state index in [0.717, 1.165) is 6.07 Å². The Bertz CT molecular complexity index is 970. The molecule has 0 radical (unpaired) electrons. The SMILES string of the molecule is COc1c(F)cc(-c2c(C(=O)O)c(N)[nH]c(=O)c2C(=O)O)c(C)c1Cl. The average molecular weight is 371 g/mol. The van der Waals surface area contributed by atoms with Gasteiger partial charge in [-0.2, -0.15) is 0 Å². The lowest BCUT2D eigenvalue weighted by atomic mass is 9.92. The Labute approximate surface area is 144 Å². The number of H-pyrrole nitrogens is 1. The largest absolute Gasteiger partial charge is 0.492 e. The standard InChI is InChI=1S/C15H12ClFN2O6/c1-4-5(3-6(17)11(25-2)10(4)16)7-8(14(21)22)12(18)19-13(20)9(7)15(23)24/h3H,1-2H3,(H,21,22)(H,23,24)(H3,18,19,20). The van der Waals surface area contributed by atoms with Gasteiger partial charge in [-0.3, -0.25) is 4.79 Å². The molecule has 0 saturated heterocycles. The highest BCUT2D eigenvalue weighted by Gasteiger charge is 2.29. The summed E-state index contributed by atoms with van der Waals surface area (Å²) in [5, 5.41) is 18.5. The molecule has 0 aliphatic heterocycles. The quantitative estimate of drug-likeness (QED) is 0.645. The van der Waals surface area contributed by atoms with Crippen LogP contribution >= 0.6 is 11.6 Å². The zero-order valence-corrected chi connectivity index (χ0v) is 13.7. The van der Waals surface area contributed by atoms with Crippen molar-refractivity contribution in [2.75, 3.05) is 12.8 Å². The Kier molecular flexibility index (Phi) is 4.71. The van der Waals surface area contributed by atoms with Gasteiger partial charge in [-0.25, -0.2) is 14.0 Å². The van der Waals surface area contributed by atoms with Gasteiger partial charge >= 0.3 is 11.9 Å². The topological polar surface area (TPSA) is 143 Å². The summed E-state index contributed by atoms with van der Waals surface area (Å²) in [5.74, 6) is -5.12. The highest BCUT2D eigenvalue weighted by atomic mass is 35.5. The molecule has 5 N–H and O–H groups in total. The third kappa shape index (κ3) is 2.89. The summed E-state index contributed by atoms with van der Waals surface area (Å²) < 4.78 is 19.0. The van der Waals surface area contributed by atoms with Crippen LogP contribution in [0.25, 0.3) is 11.1 Å². The first-order valence-electron chi connectivity index (χ1n) is 6.67. The molecular weight excluding hydrogens is 359 g/mol. The van der Waals surface area contributed by atoms with Gasteiger partial charge in [0.05, 0.1) is 12.1 Å². The molecule has 1 aromatic heterocycles. The first kappa shape index (κ1) is 18.3. The van der Waals surface area contributed by atoms with Gasteiger partial charge in [0, 0.05) is 5.56 Å². The number of hydrogen-bond acceptors (Lipinski definition) is 5. The molecule has 0 unspecified atom stereocenters. The average Bonchev–Trinajstić information content (AvgIpc) is 2.49. The Morgan fingerprint density at radius 2 is 1.84 bits per heavy atom. The molecular formula is C15H12ClFN2O6. The maximum absolute atomic E-state index is 14.2. The van der Waals surface area contributed by atoms with Crippen molar-refractivity contribution in [1.82, 2.24) is 4.98 Å². The number of pyridine rings is 1. The van der Waals surface area contributed by atoms with E-state index in [1.807, 2.05) is 4.98 Å². The second kappa shape index (κ2) is 6.44. The van der Waals surface area contributed by atoms with Gasteiger partial charge in [0.1, 0.15) is 16.9 Å². The third-order valence-corrected chi connectivity index (χ3v) is 4.02. The molecule has 0 fully saturated rings. The molecule has 8 nitrogen and oxygen atoms in total. The number of rotatable bonds is 4. The van der Waals surface area contributed by atoms with Gasteiger partial charge in [-0.1, -0.05) is 11.6 Å². The van der Waals surface area contributed by atoms with E-state index in [9.17, 15) is 29.0 Å². The molecule has 2 aromatic rings. The van der Waals surface area contributed by atoms with E-state index in [0.29, 0.717) is 0 Å². The fourth-order valence-electron chi connectivity index (χ4n) is 2.46. The summed E-state index contributed by atoms with van der Waals surface area (Å²) in [4.78, 5) is 37.0. The lowest BCUT2D eigenvalue weighted by molar-refractivity contribution is 0.0695. The molecule has 0 aliphatic rings. The number of halogens is 2. The Morgan fingerprint density at radius 3 is 2.32 bits per heavy atom. The predicted octanol–water partition coefficient (Wildman–Crippen LogP) is 2.13. The van der Waals surface area contributed by atoms with Crippen LogP contribution in [0.15, 0.2) is 10.9 Å². The molecule has 0 amide bonds. The zero-order valence-electron chi connectivity index (χ0n) is 12.9. The molecule has 1 heterocycles. The fraction of sp³-hybridized carbons (Fsp3) is 0.133. The van der Waals surface area contributed by atoms with Crippen LogP contribution in [0.3, 0.4) is 0 Å². The number of aromatic nitrogens is 1. The van der Waals surface area contributed by atoms with Crippen LogP contribution in [0, 0.1) is 12.7 Å². The smallest absolute Gasteiger partial charge is 0.342 e. The number of carboxylic acids is 2. The number of carboxylic acid groups (broad SMARTS) is 2. The van der Waals surface area contributed by atoms with Crippen molar-refractivity contribution in [2.24, 2.45) is 0 Å². The van der Waals surface area contributed by atoms with Gasteiger partial charge in [0.25, 0.3) is 5.56 Å². The summed E-state index contributed by atoms with van der Waals surface area (Å²) in [6.45, 7) is 1.40. The molecule has 1 aromatic carbocycles. The maximum atomic E-state index is 14.2. The van der Waals surface area contributed by atoms with E-state index in [-0.39, 0.29) is 21.9 Å². The number of carbonyl (C=O) groups is 2. The first-order chi connectivity index (χ1) is 11.6. The molecule has 0 spiro atoms. The number of aromatic amines is 1. The number of nitrogens with one attached hydrogen (secondary N) is 1. The van der Waals surface area contributed by atoms with E-state index in [1.54, 1.807) is 0 Å². The molecule has 2 rings (SSSR count). The van der Waals surface area contributed by atoms with Crippen molar-refractivity contribution in [3.8, 4) is 16.9 Å². The molecule has 25 heavy (non-hydrogen) atoms. The number of hydrogen-bond donors (Lipinski definition) is 4. The fourth-order valence-corrected chi connectivity index (χ4v) is 2.73. The molecule has 132 valence electrons. The van der Waals surface area contributed by atoms with E-state index in [4.69, 9.17) is 22.1 Å². The third-order valence-electron chi connectivity index (χ3n) is 3.57. The molecule has 0 atom stereocenters. The van der Waals surface area contributed by atoms with Crippen LogP contribution in [-0.2, 0) is 0 Å². The van der Waals surface area contributed by atoms with Crippen LogP contribution in [0.1, 0.15) is 26.3 Å². The highest BCUT2D eigenvalue weighted by Crippen LogP contribution is 2.40. The minimum Gasteiger partial charge on any atom is -0.492 e. The van der Waals surface area contributed by atoms with Gasteiger partial charge in [0.15, 0.2) is 11.6 Å². The number of methoxy groups -OCH3 is 1. The van der Waals surface area contributed by atoms with Gasteiger partial charge in [0.2, 0.25) is 0 Å². The van der Waals surface area contributed by atoms with Gasteiger partial charge in [-0.05, 0) is 24.1 Å². The lowest BCUT2D eigenvalue weighted by Gasteiger charge is -2.16. The van der Waals surface area contributed by atoms with Crippen molar-refractivity contribution in [3.05, 3.63) is 44.0 Å². The number of nitrogen functional groups attached to an aromatic ring is 1.